The largest absolute Gasteiger partial charge is 0.497 e. The Morgan fingerprint density at radius 2 is 1.88 bits per heavy atom. The third-order valence-corrected chi connectivity index (χ3v) is 5.27. The number of halogens is 1. The number of piperidine rings is 1. The standard InChI is InChI=1S/C21H25ClN2O2/c1-26-18-8-6-15(7-9-18)19(14-16-4-2-3-5-20(16)22)21(25)24-17-10-12-23-13-11-17/h2-9,17,19,23H,10-14H2,1H3,(H,24,25). The summed E-state index contributed by atoms with van der Waals surface area (Å²) < 4.78 is 5.24. The first kappa shape index (κ1) is 18.7. The molecule has 138 valence electrons. The summed E-state index contributed by atoms with van der Waals surface area (Å²) in [6, 6.07) is 15.7. The predicted octanol–water partition coefficient (Wildman–Crippen LogP) is 3.54. The molecule has 0 aliphatic carbocycles. The number of carbonyl (C=O) groups is 1. The summed E-state index contributed by atoms with van der Waals surface area (Å²) in [5.74, 6) is 0.557. The molecule has 26 heavy (non-hydrogen) atoms. The van der Waals surface area contributed by atoms with E-state index in [-0.39, 0.29) is 17.9 Å². The molecule has 0 spiro atoms. The number of rotatable bonds is 6. The number of hydrogen-bond donors (Lipinski definition) is 2. The Kier molecular flexibility index (Phi) is 6.53. The van der Waals surface area contributed by atoms with Gasteiger partial charge in [-0.25, -0.2) is 0 Å². The van der Waals surface area contributed by atoms with Crippen LogP contribution in [0, 0.1) is 0 Å². The van der Waals surface area contributed by atoms with Crippen molar-refractivity contribution in [3.8, 4) is 5.75 Å². The molecule has 0 saturated carbocycles. The van der Waals surface area contributed by atoms with E-state index in [1.807, 2.05) is 48.5 Å². The van der Waals surface area contributed by atoms with Crippen molar-refractivity contribution in [2.75, 3.05) is 20.2 Å². The molecule has 0 aromatic heterocycles. The fraction of sp³-hybridized carbons (Fsp3) is 0.381. The summed E-state index contributed by atoms with van der Waals surface area (Å²) in [5.41, 5.74) is 1.95. The fourth-order valence-corrected chi connectivity index (χ4v) is 3.56. The van der Waals surface area contributed by atoms with Gasteiger partial charge in [0, 0.05) is 11.1 Å². The highest BCUT2D eigenvalue weighted by molar-refractivity contribution is 6.31. The van der Waals surface area contributed by atoms with Gasteiger partial charge in [0.15, 0.2) is 0 Å². The van der Waals surface area contributed by atoms with E-state index in [4.69, 9.17) is 16.3 Å². The summed E-state index contributed by atoms with van der Waals surface area (Å²) in [4.78, 5) is 13.1. The van der Waals surface area contributed by atoms with E-state index < -0.39 is 0 Å². The van der Waals surface area contributed by atoms with Crippen LogP contribution in [0.1, 0.15) is 29.9 Å². The summed E-state index contributed by atoms with van der Waals surface area (Å²) in [6.07, 6.45) is 2.50. The number of nitrogens with one attached hydrogen (secondary N) is 2. The smallest absolute Gasteiger partial charge is 0.228 e. The van der Waals surface area contributed by atoms with Gasteiger partial charge in [-0.2, -0.15) is 0 Å². The Morgan fingerprint density at radius 1 is 1.19 bits per heavy atom. The minimum absolute atomic E-state index is 0.0574. The summed E-state index contributed by atoms with van der Waals surface area (Å²) >= 11 is 6.34. The zero-order valence-corrected chi connectivity index (χ0v) is 15.8. The lowest BCUT2D eigenvalue weighted by Gasteiger charge is -2.26. The van der Waals surface area contributed by atoms with E-state index in [1.54, 1.807) is 7.11 Å². The summed E-state index contributed by atoms with van der Waals surface area (Å²) in [7, 11) is 1.64. The van der Waals surface area contributed by atoms with E-state index >= 15 is 0 Å². The van der Waals surface area contributed by atoms with Crippen LogP contribution in [0.5, 0.6) is 5.75 Å². The Labute approximate surface area is 159 Å². The van der Waals surface area contributed by atoms with Crippen LogP contribution in [0.2, 0.25) is 5.02 Å². The van der Waals surface area contributed by atoms with Crippen LogP contribution in [0.25, 0.3) is 0 Å². The number of carbonyl (C=O) groups excluding carboxylic acids is 1. The average molecular weight is 373 g/mol. The number of amides is 1. The quantitative estimate of drug-likeness (QED) is 0.815. The van der Waals surface area contributed by atoms with Gasteiger partial charge in [-0.3, -0.25) is 4.79 Å². The minimum Gasteiger partial charge on any atom is -0.497 e. The Morgan fingerprint density at radius 3 is 2.54 bits per heavy atom. The molecule has 0 bridgehead atoms. The molecule has 1 amide bonds. The molecule has 1 heterocycles. The highest BCUT2D eigenvalue weighted by atomic mass is 35.5. The highest BCUT2D eigenvalue weighted by Crippen LogP contribution is 2.27. The third-order valence-electron chi connectivity index (χ3n) is 4.90. The molecular formula is C21H25ClN2O2. The maximum Gasteiger partial charge on any atom is 0.228 e. The van der Waals surface area contributed by atoms with Gasteiger partial charge in [0.1, 0.15) is 5.75 Å². The van der Waals surface area contributed by atoms with Gasteiger partial charge in [0.2, 0.25) is 5.91 Å². The molecule has 4 nitrogen and oxygen atoms in total. The molecule has 5 heteroatoms. The molecule has 1 aliphatic rings. The van der Waals surface area contributed by atoms with Crippen molar-refractivity contribution >= 4 is 17.5 Å². The Hall–Kier alpha value is -2.04. The lowest BCUT2D eigenvalue weighted by Crippen LogP contribution is -2.44. The number of hydrogen-bond acceptors (Lipinski definition) is 3. The van der Waals surface area contributed by atoms with Crippen molar-refractivity contribution in [1.82, 2.24) is 10.6 Å². The zero-order valence-electron chi connectivity index (χ0n) is 15.0. The fourth-order valence-electron chi connectivity index (χ4n) is 3.35. The monoisotopic (exact) mass is 372 g/mol. The molecule has 2 N–H and O–H groups in total. The normalized spacial score (nSPS) is 16.1. The second kappa shape index (κ2) is 9.06. The topological polar surface area (TPSA) is 50.4 Å². The van der Waals surface area contributed by atoms with E-state index in [0.29, 0.717) is 11.4 Å². The van der Waals surface area contributed by atoms with Gasteiger partial charge in [0.05, 0.1) is 13.0 Å². The number of ether oxygens (including phenoxy) is 1. The van der Waals surface area contributed by atoms with Crippen molar-refractivity contribution in [3.63, 3.8) is 0 Å². The van der Waals surface area contributed by atoms with Crippen molar-refractivity contribution in [1.29, 1.82) is 0 Å². The van der Waals surface area contributed by atoms with E-state index in [1.165, 1.54) is 0 Å². The van der Waals surface area contributed by atoms with Gasteiger partial charge in [0.25, 0.3) is 0 Å². The summed E-state index contributed by atoms with van der Waals surface area (Å²) in [6.45, 7) is 1.89. The zero-order chi connectivity index (χ0) is 18.4. The lowest BCUT2D eigenvalue weighted by atomic mass is 9.90. The predicted molar refractivity (Wildman–Crippen MR) is 105 cm³/mol. The SMILES string of the molecule is COc1ccc(C(Cc2ccccc2Cl)C(=O)NC2CCNCC2)cc1. The Bertz CT molecular complexity index is 727. The Balaban J connectivity index is 1.82. The van der Waals surface area contributed by atoms with Crippen LogP contribution in [0.15, 0.2) is 48.5 Å². The molecule has 1 aliphatic heterocycles. The van der Waals surface area contributed by atoms with Crippen molar-refractivity contribution in [2.45, 2.75) is 31.2 Å². The number of benzene rings is 2. The summed E-state index contributed by atoms with van der Waals surface area (Å²) in [5, 5.41) is 7.25. The van der Waals surface area contributed by atoms with Crippen LogP contribution < -0.4 is 15.4 Å². The molecule has 0 radical (unpaired) electrons. The van der Waals surface area contributed by atoms with Crippen LogP contribution in [0.4, 0.5) is 0 Å². The molecule has 2 aromatic carbocycles. The first-order valence-electron chi connectivity index (χ1n) is 9.06. The van der Waals surface area contributed by atoms with Gasteiger partial charge in [-0.15, -0.1) is 0 Å². The van der Waals surface area contributed by atoms with Crippen molar-refractivity contribution in [3.05, 3.63) is 64.7 Å². The van der Waals surface area contributed by atoms with Gasteiger partial charge >= 0.3 is 0 Å². The maximum atomic E-state index is 13.1. The second-order valence-corrected chi connectivity index (χ2v) is 7.06. The molecular weight excluding hydrogens is 348 g/mol. The van der Waals surface area contributed by atoms with Gasteiger partial charge in [-0.1, -0.05) is 41.9 Å². The lowest BCUT2D eigenvalue weighted by molar-refractivity contribution is -0.123. The van der Waals surface area contributed by atoms with Gasteiger partial charge < -0.3 is 15.4 Å². The van der Waals surface area contributed by atoms with E-state index in [2.05, 4.69) is 10.6 Å². The molecule has 1 fully saturated rings. The van der Waals surface area contributed by atoms with Crippen LogP contribution in [-0.2, 0) is 11.2 Å². The maximum absolute atomic E-state index is 13.1. The molecule has 1 unspecified atom stereocenters. The molecule has 3 rings (SSSR count). The minimum atomic E-state index is -0.282. The highest BCUT2D eigenvalue weighted by Gasteiger charge is 2.25. The molecule has 1 saturated heterocycles. The van der Waals surface area contributed by atoms with Crippen LogP contribution in [0.3, 0.4) is 0 Å². The average Bonchev–Trinajstić information content (AvgIpc) is 2.68. The van der Waals surface area contributed by atoms with Gasteiger partial charge in [-0.05, 0) is 61.7 Å². The third kappa shape index (κ3) is 4.77. The second-order valence-electron chi connectivity index (χ2n) is 6.65. The van der Waals surface area contributed by atoms with Crippen LogP contribution >= 0.6 is 11.6 Å². The first-order chi connectivity index (χ1) is 12.7. The van der Waals surface area contributed by atoms with Crippen molar-refractivity contribution < 1.29 is 9.53 Å². The van der Waals surface area contributed by atoms with E-state index in [0.717, 1.165) is 42.8 Å². The molecule has 1 atom stereocenters. The molecule has 2 aromatic rings. The van der Waals surface area contributed by atoms with Crippen LogP contribution in [-0.4, -0.2) is 32.1 Å². The van der Waals surface area contributed by atoms with E-state index in [9.17, 15) is 4.79 Å². The van der Waals surface area contributed by atoms with Crippen molar-refractivity contribution in [2.24, 2.45) is 0 Å². The first-order valence-corrected chi connectivity index (χ1v) is 9.43. The number of methoxy groups -OCH3 is 1.